The molecule has 31 heavy (non-hydrogen) atoms. The van der Waals surface area contributed by atoms with Crippen LogP contribution in [0, 0.1) is 11.3 Å². The molecule has 0 radical (unpaired) electrons. The first-order valence-electron chi connectivity index (χ1n) is 9.29. The number of nitrogens with zero attached hydrogens (tertiary/aromatic N) is 2. The zero-order valence-corrected chi connectivity index (χ0v) is 17.7. The predicted molar refractivity (Wildman–Crippen MR) is 112 cm³/mol. The monoisotopic (exact) mass is 449 g/mol. The molecule has 7 nitrogen and oxygen atoms in total. The van der Waals surface area contributed by atoms with Crippen LogP contribution in [-0.2, 0) is 14.8 Å². The van der Waals surface area contributed by atoms with E-state index in [0.717, 1.165) is 0 Å². The number of sulfonamides is 1. The van der Waals surface area contributed by atoms with E-state index in [2.05, 4.69) is 10.1 Å². The molecule has 2 rings (SSSR count). The Bertz CT molecular complexity index is 1070. The number of hydrogen-bond acceptors (Lipinski definition) is 5. The third-order valence-electron chi connectivity index (χ3n) is 4.24. The lowest BCUT2D eigenvalue weighted by Gasteiger charge is -2.18. The maximum Gasteiger partial charge on any atom is 0.387 e. The van der Waals surface area contributed by atoms with Crippen molar-refractivity contribution in [3.05, 3.63) is 59.7 Å². The Morgan fingerprint density at radius 1 is 1.13 bits per heavy atom. The lowest BCUT2D eigenvalue weighted by molar-refractivity contribution is -0.112. The number of nitrogens with one attached hydrogen (secondary N) is 1. The number of rotatable bonds is 9. The van der Waals surface area contributed by atoms with E-state index in [1.807, 2.05) is 0 Å². The summed E-state index contributed by atoms with van der Waals surface area (Å²) in [5, 5.41) is 11.8. The van der Waals surface area contributed by atoms with E-state index in [9.17, 15) is 27.3 Å². The van der Waals surface area contributed by atoms with Gasteiger partial charge in [-0.15, -0.1) is 0 Å². The molecular weight excluding hydrogens is 428 g/mol. The van der Waals surface area contributed by atoms with Crippen LogP contribution in [-0.4, -0.2) is 38.3 Å². The average Bonchev–Trinajstić information content (AvgIpc) is 2.73. The lowest BCUT2D eigenvalue weighted by atomic mass is 10.1. The number of benzene rings is 2. The second-order valence-electron chi connectivity index (χ2n) is 6.19. The number of amides is 1. The molecule has 0 atom stereocenters. The molecule has 2 aromatic carbocycles. The van der Waals surface area contributed by atoms with Crippen LogP contribution in [0.3, 0.4) is 0 Å². The normalized spacial score (nSPS) is 12.0. The van der Waals surface area contributed by atoms with Gasteiger partial charge in [0.25, 0.3) is 5.91 Å². The fourth-order valence-corrected chi connectivity index (χ4v) is 4.14. The molecule has 0 aromatic heterocycles. The summed E-state index contributed by atoms with van der Waals surface area (Å²) in [4.78, 5) is 12.5. The number of nitriles is 1. The first-order valence-corrected chi connectivity index (χ1v) is 10.7. The minimum Gasteiger partial charge on any atom is -0.435 e. The summed E-state index contributed by atoms with van der Waals surface area (Å²) in [6, 6.07) is 12.8. The third-order valence-corrected chi connectivity index (χ3v) is 6.30. The maximum atomic E-state index is 12.5. The number of carbonyl (C=O) groups is 1. The van der Waals surface area contributed by atoms with Crippen molar-refractivity contribution < 1.29 is 26.7 Å². The molecule has 0 fully saturated rings. The molecule has 164 valence electrons. The van der Waals surface area contributed by atoms with E-state index in [-0.39, 0.29) is 16.2 Å². The number of hydrogen-bond donors (Lipinski definition) is 1. The SMILES string of the molecule is CCN(CC)S(=O)(=O)c1ccc(NC(=O)/C(C#N)=C/c2ccc(OC(F)F)cc2)cc1. The summed E-state index contributed by atoms with van der Waals surface area (Å²) >= 11 is 0. The lowest BCUT2D eigenvalue weighted by Crippen LogP contribution is -2.30. The minimum atomic E-state index is -3.62. The molecule has 0 bridgehead atoms. The van der Waals surface area contributed by atoms with Gasteiger partial charge in [0, 0.05) is 18.8 Å². The Hall–Kier alpha value is -3.29. The summed E-state index contributed by atoms with van der Waals surface area (Å²) in [5.41, 5.74) is 0.529. The van der Waals surface area contributed by atoms with Crippen LogP contribution in [0.25, 0.3) is 6.08 Å². The van der Waals surface area contributed by atoms with Crippen molar-refractivity contribution in [1.29, 1.82) is 5.26 Å². The Morgan fingerprint density at radius 3 is 2.19 bits per heavy atom. The van der Waals surface area contributed by atoms with Gasteiger partial charge < -0.3 is 10.1 Å². The molecule has 10 heteroatoms. The molecule has 0 aliphatic carbocycles. The second kappa shape index (κ2) is 10.7. The van der Waals surface area contributed by atoms with Crippen LogP contribution >= 0.6 is 0 Å². The first-order chi connectivity index (χ1) is 14.7. The highest BCUT2D eigenvalue weighted by molar-refractivity contribution is 7.89. The Morgan fingerprint density at radius 2 is 1.71 bits per heavy atom. The quantitative estimate of drug-likeness (QED) is 0.463. The van der Waals surface area contributed by atoms with Gasteiger partial charge in [-0.3, -0.25) is 4.79 Å². The van der Waals surface area contributed by atoms with Gasteiger partial charge >= 0.3 is 6.61 Å². The van der Waals surface area contributed by atoms with E-state index < -0.39 is 22.5 Å². The van der Waals surface area contributed by atoms with Gasteiger partial charge in [0.05, 0.1) is 4.90 Å². The minimum absolute atomic E-state index is 0.0464. The highest BCUT2D eigenvalue weighted by atomic mass is 32.2. The molecule has 2 aromatic rings. The number of ether oxygens (including phenoxy) is 1. The fraction of sp³-hybridized carbons (Fsp3) is 0.238. The number of carbonyl (C=O) groups excluding carboxylic acids is 1. The number of anilines is 1. The van der Waals surface area contributed by atoms with Gasteiger partial charge in [-0.05, 0) is 48.0 Å². The van der Waals surface area contributed by atoms with Crippen LogP contribution < -0.4 is 10.1 Å². The summed E-state index contributed by atoms with van der Waals surface area (Å²) < 4.78 is 55.0. The molecule has 0 saturated heterocycles. The van der Waals surface area contributed by atoms with Crippen LogP contribution in [0.5, 0.6) is 5.75 Å². The van der Waals surface area contributed by atoms with Gasteiger partial charge in [-0.1, -0.05) is 26.0 Å². The topological polar surface area (TPSA) is 99.5 Å². The largest absolute Gasteiger partial charge is 0.435 e. The summed E-state index contributed by atoms with van der Waals surface area (Å²) in [6.45, 7) is 1.21. The standard InChI is InChI=1S/C21H21F2N3O4S/c1-3-26(4-2)31(28,29)19-11-7-17(8-12-19)25-20(27)16(14-24)13-15-5-9-18(10-6-15)30-21(22)23/h5-13,21H,3-4H2,1-2H3,(H,25,27)/b16-13+. The molecule has 1 amide bonds. The molecule has 0 spiro atoms. The van der Waals surface area contributed by atoms with Crippen molar-refractivity contribution in [3.8, 4) is 11.8 Å². The maximum absolute atomic E-state index is 12.5. The van der Waals surface area contributed by atoms with Crippen LogP contribution in [0.2, 0.25) is 0 Å². The molecule has 0 heterocycles. The fourth-order valence-electron chi connectivity index (χ4n) is 2.68. The van der Waals surface area contributed by atoms with Crippen molar-refractivity contribution in [2.75, 3.05) is 18.4 Å². The van der Waals surface area contributed by atoms with Crippen LogP contribution in [0.15, 0.2) is 59.0 Å². The van der Waals surface area contributed by atoms with Gasteiger partial charge in [-0.2, -0.15) is 18.3 Å². The zero-order valence-electron chi connectivity index (χ0n) is 16.9. The van der Waals surface area contributed by atoms with Crippen LogP contribution in [0.1, 0.15) is 19.4 Å². The highest BCUT2D eigenvalue weighted by Crippen LogP contribution is 2.20. The number of halogens is 2. The molecule has 0 aliphatic rings. The first kappa shape index (κ1) is 24.0. The molecule has 1 N–H and O–H groups in total. The Labute approximate surface area is 179 Å². The Balaban J connectivity index is 2.14. The third kappa shape index (κ3) is 6.34. The summed E-state index contributed by atoms with van der Waals surface area (Å²) in [5.74, 6) is -0.746. The van der Waals surface area contributed by atoms with E-state index >= 15 is 0 Å². The van der Waals surface area contributed by atoms with Gasteiger partial charge in [0.15, 0.2) is 0 Å². The number of alkyl halides is 2. The molecule has 0 saturated carbocycles. The van der Waals surface area contributed by atoms with E-state index in [0.29, 0.717) is 24.3 Å². The van der Waals surface area contributed by atoms with Gasteiger partial charge in [0.2, 0.25) is 10.0 Å². The van der Waals surface area contributed by atoms with Crippen molar-refractivity contribution in [2.45, 2.75) is 25.4 Å². The summed E-state index contributed by atoms with van der Waals surface area (Å²) in [7, 11) is -3.62. The van der Waals surface area contributed by atoms with Crippen LogP contribution in [0.4, 0.5) is 14.5 Å². The van der Waals surface area contributed by atoms with E-state index in [1.54, 1.807) is 19.9 Å². The zero-order chi connectivity index (χ0) is 23.0. The van der Waals surface area contributed by atoms with Crippen molar-refractivity contribution in [1.82, 2.24) is 4.31 Å². The molecule has 0 aliphatic heterocycles. The second-order valence-corrected chi connectivity index (χ2v) is 8.12. The smallest absolute Gasteiger partial charge is 0.387 e. The average molecular weight is 449 g/mol. The van der Waals surface area contributed by atoms with E-state index in [1.165, 1.54) is 58.9 Å². The summed E-state index contributed by atoms with van der Waals surface area (Å²) in [6.07, 6.45) is 1.29. The van der Waals surface area contributed by atoms with Gasteiger partial charge in [-0.25, -0.2) is 8.42 Å². The van der Waals surface area contributed by atoms with E-state index in [4.69, 9.17) is 0 Å². The highest BCUT2D eigenvalue weighted by Gasteiger charge is 2.21. The Kier molecular flexibility index (Phi) is 8.24. The molecule has 0 unspecified atom stereocenters. The van der Waals surface area contributed by atoms with Crippen molar-refractivity contribution in [3.63, 3.8) is 0 Å². The molecular formula is C21H21F2N3O4S. The predicted octanol–water partition coefficient (Wildman–Crippen LogP) is 3.86. The van der Waals surface area contributed by atoms with Crippen molar-refractivity contribution in [2.24, 2.45) is 0 Å². The van der Waals surface area contributed by atoms with Gasteiger partial charge in [0.1, 0.15) is 17.4 Å². The van der Waals surface area contributed by atoms with Crippen molar-refractivity contribution >= 4 is 27.7 Å².